The van der Waals surface area contributed by atoms with Crippen LogP contribution < -0.4 is 10.0 Å². The van der Waals surface area contributed by atoms with E-state index in [1.807, 2.05) is 20.1 Å². The minimum Gasteiger partial charge on any atom is -0.312 e. The first-order valence-electron chi connectivity index (χ1n) is 7.22. The first kappa shape index (κ1) is 19.0. The molecule has 0 radical (unpaired) electrons. The smallest absolute Gasteiger partial charge is 0.241 e. The lowest BCUT2D eigenvalue weighted by atomic mass is 10.3. The standard InChI is InChI=1S/C14H26N2O2S3/c1-5-7-15-10-13-9-14(12(3)20-13)21(17,18)16-11(2)6-8-19-4/h9,11,15-16H,5-8,10H2,1-4H3. The fraction of sp³-hybridized carbons (Fsp3) is 0.714. The van der Waals surface area contributed by atoms with Gasteiger partial charge >= 0.3 is 0 Å². The Morgan fingerprint density at radius 2 is 2.14 bits per heavy atom. The van der Waals surface area contributed by atoms with E-state index in [9.17, 15) is 8.42 Å². The van der Waals surface area contributed by atoms with Crippen LogP contribution in [0.3, 0.4) is 0 Å². The van der Waals surface area contributed by atoms with Crippen LogP contribution in [0.15, 0.2) is 11.0 Å². The van der Waals surface area contributed by atoms with E-state index in [2.05, 4.69) is 17.0 Å². The number of sulfonamides is 1. The largest absolute Gasteiger partial charge is 0.312 e. The van der Waals surface area contributed by atoms with Gasteiger partial charge in [-0.2, -0.15) is 11.8 Å². The number of aryl methyl sites for hydroxylation is 1. The van der Waals surface area contributed by atoms with Crippen molar-refractivity contribution in [3.05, 3.63) is 15.8 Å². The third-order valence-corrected chi connectivity index (χ3v) is 6.59. The second-order valence-corrected chi connectivity index (χ2v) is 9.12. The molecule has 0 aliphatic rings. The molecule has 0 bridgehead atoms. The van der Waals surface area contributed by atoms with Crippen molar-refractivity contribution in [3.63, 3.8) is 0 Å². The van der Waals surface area contributed by atoms with Crippen LogP contribution in [0, 0.1) is 6.92 Å². The molecule has 0 aromatic carbocycles. The molecule has 2 N–H and O–H groups in total. The van der Waals surface area contributed by atoms with E-state index in [1.165, 1.54) is 0 Å². The Labute approximate surface area is 137 Å². The molecule has 1 aromatic heterocycles. The van der Waals surface area contributed by atoms with Crippen LogP contribution in [0.1, 0.15) is 36.4 Å². The first-order valence-corrected chi connectivity index (χ1v) is 10.9. The average Bonchev–Trinajstić information content (AvgIpc) is 2.78. The maximum absolute atomic E-state index is 12.4. The lowest BCUT2D eigenvalue weighted by Crippen LogP contribution is -2.33. The van der Waals surface area contributed by atoms with Crippen molar-refractivity contribution in [2.45, 2.75) is 51.1 Å². The van der Waals surface area contributed by atoms with Gasteiger partial charge in [0.15, 0.2) is 0 Å². The third-order valence-electron chi connectivity index (χ3n) is 3.05. The Morgan fingerprint density at radius 1 is 1.43 bits per heavy atom. The summed E-state index contributed by atoms with van der Waals surface area (Å²) in [7, 11) is -3.41. The van der Waals surface area contributed by atoms with E-state index in [4.69, 9.17) is 0 Å². The van der Waals surface area contributed by atoms with Crippen molar-refractivity contribution in [3.8, 4) is 0 Å². The highest BCUT2D eigenvalue weighted by Gasteiger charge is 2.21. The number of rotatable bonds is 10. The number of nitrogens with one attached hydrogen (secondary N) is 2. The molecule has 0 aliphatic carbocycles. The Balaban J connectivity index is 2.74. The number of thioether (sulfide) groups is 1. The molecule has 7 heteroatoms. The summed E-state index contributed by atoms with van der Waals surface area (Å²) < 4.78 is 27.7. The Kier molecular flexibility index (Phi) is 8.26. The highest BCUT2D eigenvalue weighted by Crippen LogP contribution is 2.26. The van der Waals surface area contributed by atoms with Crippen molar-refractivity contribution in [1.82, 2.24) is 10.0 Å². The van der Waals surface area contributed by atoms with Gasteiger partial charge in [0.25, 0.3) is 0 Å². The van der Waals surface area contributed by atoms with Crippen LogP contribution in [-0.4, -0.2) is 33.0 Å². The molecule has 1 aromatic rings. The lowest BCUT2D eigenvalue weighted by molar-refractivity contribution is 0.557. The van der Waals surface area contributed by atoms with Crippen LogP contribution in [0.2, 0.25) is 0 Å². The van der Waals surface area contributed by atoms with Crippen molar-refractivity contribution in [2.75, 3.05) is 18.6 Å². The van der Waals surface area contributed by atoms with Crippen LogP contribution >= 0.6 is 23.1 Å². The molecule has 0 saturated heterocycles. The minimum atomic E-state index is -3.41. The molecular formula is C14H26N2O2S3. The van der Waals surface area contributed by atoms with Gasteiger partial charge in [0, 0.05) is 22.3 Å². The molecule has 21 heavy (non-hydrogen) atoms. The van der Waals surface area contributed by atoms with Crippen LogP contribution in [0.4, 0.5) is 0 Å². The maximum Gasteiger partial charge on any atom is 0.241 e. The SMILES string of the molecule is CCCNCc1cc(S(=O)(=O)NC(C)CCSC)c(C)s1. The number of hydrogen-bond donors (Lipinski definition) is 2. The van der Waals surface area contributed by atoms with E-state index in [1.54, 1.807) is 29.2 Å². The predicted octanol–water partition coefficient (Wildman–Crippen LogP) is 2.98. The van der Waals surface area contributed by atoms with E-state index < -0.39 is 10.0 Å². The topological polar surface area (TPSA) is 58.2 Å². The average molecular weight is 351 g/mol. The summed E-state index contributed by atoms with van der Waals surface area (Å²) in [5.41, 5.74) is 0. The molecular weight excluding hydrogens is 324 g/mol. The fourth-order valence-corrected chi connectivity index (χ4v) is 5.42. The molecule has 122 valence electrons. The van der Waals surface area contributed by atoms with Crippen LogP contribution in [0.25, 0.3) is 0 Å². The van der Waals surface area contributed by atoms with Gasteiger partial charge < -0.3 is 5.32 Å². The van der Waals surface area contributed by atoms with Crippen LogP contribution in [0.5, 0.6) is 0 Å². The van der Waals surface area contributed by atoms with Crippen molar-refractivity contribution >= 4 is 33.1 Å². The van der Waals surface area contributed by atoms with E-state index in [0.717, 1.165) is 41.4 Å². The molecule has 4 nitrogen and oxygen atoms in total. The van der Waals surface area contributed by atoms with Crippen molar-refractivity contribution in [2.24, 2.45) is 0 Å². The van der Waals surface area contributed by atoms with Crippen molar-refractivity contribution < 1.29 is 8.42 Å². The first-order chi connectivity index (χ1) is 9.90. The molecule has 0 aliphatic heterocycles. The molecule has 0 fully saturated rings. The summed E-state index contributed by atoms with van der Waals surface area (Å²) in [4.78, 5) is 2.35. The molecule has 0 saturated carbocycles. The normalized spacial score (nSPS) is 13.5. The van der Waals surface area contributed by atoms with Gasteiger partial charge in [-0.15, -0.1) is 11.3 Å². The Hall–Kier alpha value is -0.0800. The highest BCUT2D eigenvalue weighted by atomic mass is 32.2. The summed E-state index contributed by atoms with van der Waals surface area (Å²) in [5, 5.41) is 3.30. The van der Waals surface area contributed by atoms with Gasteiger partial charge in [0.1, 0.15) is 0 Å². The van der Waals surface area contributed by atoms with Crippen molar-refractivity contribution in [1.29, 1.82) is 0 Å². The summed E-state index contributed by atoms with van der Waals surface area (Å²) in [6, 6.07) is 1.76. The monoisotopic (exact) mass is 350 g/mol. The summed E-state index contributed by atoms with van der Waals surface area (Å²) in [6.07, 6.45) is 3.94. The zero-order valence-corrected chi connectivity index (χ0v) is 15.7. The molecule has 0 spiro atoms. The summed E-state index contributed by atoms with van der Waals surface area (Å²) in [5.74, 6) is 0.957. The molecule has 1 unspecified atom stereocenters. The molecule has 1 atom stereocenters. The highest BCUT2D eigenvalue weighted by molar-refractivity contribution is 7.98. The predicted molar refractivity (Wildman–Crippen MR) is 93.8 cm³/mol. The van der Waals surface area contributed by atoms with E-state index in [-0.39, 0.29) is 6.04 Å². The van der Waals surface area contributed by atoms with Gasteiger partial charge in [-0.05, 0) is 51.3 Å². The summed E-state index contributed by atoms with van der Waals surface area (Å²) >= 11 is 3.28. The van der Waals surface area contributed by atoms with Gasteiger partial charge in [-0.1, -0.05) is 6.92 Å². The number of thiophene rings is 1. The van der Waals surface area contributed by atoms with Gasteiger partial charge in [0.2, 0.25) is 10.0 Å². The quantitative estimate of drug-likeness (QED) is 0.637. The zero-order chi connectivity index (χ0) is 15.9. The number of hydrogen-bond acceptors (Lipinski definition) is 5. The molecule has 0 amide bonds. The lowest BCUT2D eigenvalue weighted by Gasteiger charge is -2.13. The Morgan fingerprint density at radius 3 is 2.76 bits per heavy atom. The summed E-state index contributed by atoms with van der Waals surface area (Å²) in [6.45, 7) is 7.58. The zero-order valence-electron chi connectivity index (χ0n) is 13.2. The Bertz CT molecular complexity index is 526. The van der Waals surface area contributed by atoms with Gasteiger partial charge in [-0.25, -0.2) is 13.1 Å². The fourth-order valence-electron chi connectivity index (χ4n) is 1.95. The van der Waals surface area contributed by atoms with E-state index >= 15 is 0 Å². The van der Waals surface area contributed by atoms with Crippen LogP contribution in [-0.2, 0) is 16.6 Å². The van der Waals surface area contributed by atoms with Gasteiger partial charge in [0.05, 0.1) is 4.90 Å². The molecule has 1 heterocycles. The molecule has 1 rings (SSSR count). The maximum atomic E-state index is 12.4. The minimum absolute atomic E-state index is 0.0385. The van der Waals surface area contributed by atoms with Gasteiger partial charge in [-0.3, -0.25) is 0 Å². The second-order valence-electron chi connectivity index (χ2n) is 5.11. The second kappa shape index (κ2) is 9.15. The third kappa shape index (κ3) is 6.28. The van der Waals surface area contributed by atoms with E-state index in [0.29, 0.717) is 4.90 Å².